The van der Waals surface area contributed by atoms with Crippen molar-refractivity contribution in [3.8, 4) is 0 Å². The average molecular weight is 357 g/mol. The van der Waals surface area contributed by atoms with Gasteiger partial charge in [0.05, 0.1) is 11.6 Å². The van der Waals surface area contributed by atoms with Gasteiger partial charge in [0.1, 0.15) is 5.69 Å². The maximum absolute atomic E-state index is 13.0. The number of pyridine rings is 1. The Kier molecular flexibility index (Phi) is 4.35. The number of benzene rings is 1. The van der Waals surface area contributed by atoms with E-state index in [-0.39, 0.29) is 17.2 Å². The molecular formula is C19H17ClN2O3. The van der Waals surface area contributed by atoms with Gasteiger partial charge in [-0.15, -0.1) is 0 Å². The van der Waals surface area contributed by atoms with Crippen LogP contribution >= 0.6 is 11.6 Å². The molecule has 3 rings (SSSR count). The Morgan fingerprint density at radius 1 is 1.20 bits per heavy atom. The average Bonchev–Trinajstić information content (AvgIpc) is 2.90. The summed E-state index contributed by atoms with van der Waals surface area (Å²) in [7, 11) is 0. The van der Waals surface area contributed by atoms with Crippen LogP contribution in [0.15, 0.2) is 30.3 Å². The summed E-state index contributed by atoms with van der Waals surface area (Å²) < 4.78 is 0. The summed E-state index contributed by atoms with van der Waals surface area (Å²) in [5, 5.41) is 10.6. The van der Waals surface area contributed by atoms with Gasteiger partial charge in [0.2, 0.25) is 5.78 Å². The molecule has 5 nitrogen and oxygen atoms in total. The Morgan fingerprint density at radius 3 is 2.56 bits per heavy atom. The highest BCUT2D eigenvalue weighted by Crippen LogP contribution is 2.32. The van der Waals surface area contributed by atoms with Crippen molar-refractivity contribution in [3.05, 3.63) is 63.6 Å². The molecule has 6 heteroatoms. The number of aliphatic carboxylic acids is 1. The predicted molar refractivity (Wildman–Crippen MR) is 96.5 cm³/mol. The number of aryl methyl sites for hydroxylation is 2. The second-order valence-corrected chi connectivity index (χ2v) is 6.60. The second-order valence-electron chi connectivity index (χ2n) is 6.16. The van der Waals surface area contributed by atoms with E-state index < -0.39 is 11.9 Å². The summed E-state index contributed by atoms with van der Waals surface area (Å²) in [5.74, 6) is -2.21. The van der Waals surface area contributed by atoms with Gasteiger partial charge in [-0.25, -0.2) is 4.98 Å². The first-order valence-corrected chi connectivity index (χ1v) is 8.19. The summed E-state index contributed by atoms with van der Waals surface area (Å²) >= 11 is 6.06. The second kappa shape index (κ2) is 6.33. The summed E-state index contributed by atoms with van der Waals surface area (Å²) in [6, 6.07) is 8.68. The largest absolute Gasteiger partial charge is 0.481 e. The number of aromatic amines is 1. The lowest BCUT2D eigenvalue weighted by molar-refractivity contribution is -0.138. The van der Waals surface area contributed by atoms with Gasteiger partial charge in [0.25, 0.3) is 0 Å². The van der Waals surface area contributed by atoms with Gasteiger partial charge >= 0.3 is 5.97 Å². The summed E-state index contributed by atoms with van der Waals surface area (Å²) in [5.41, 5.74) is 3.27. The molecule has 0 saturated heterocycles. The molecule has 0 aliphatic heterocycles. The van der Waals surface area contributed by atoms with Gasteiger partial charge in [-0.05, 0) is 56.7 Å². The van der Waals surface area contributed by atoms with Gasteiger partial charge in [0.15, 0.2) is 0 Å². The summed E-state index contributed by atoms with van der Waals surface area (Å²) in [4.78, 5) is 32.0. The van der Waals surface area contributed by atoms with E-state index in [2.05, 4.69) is 9.97 Å². The fraction of sp³-hybridized carbons (Fsp3) is 0.211. The van der Waals surface area contributed by atoms with Crippen molar-refractivity contribution in [2.24, 2.45) is 0 Å². The maximum Gasteiger partial charge on any atom is 0.310 e. The quantitative estimate of drug-likeness (QED) is 0.684. The fourth-order valence-corrected chi connectivity index (χ4v) is 3.20. The van der Waals surface area contributed by atoms with Crippen molar-refractivity contribution in [3.63, 3.8) is 0 Å². The molecule has 128 valence electrons. The van der Waals surface area contributed by atoms with E-state index in [1.54, 1.807) is 31.2 Å². The Hall–Kier alpha value is -2.66. The third-order valence-electron chi connectivity index (χ3n) is 4.16. The van der Waals surface area contributed by atoms with Crippen LogP contribution in [0, 0.1) is 13.8 Å². The van der Waals surface area contributed by atoms with E-state index in [9.17, 15) is 14.7 Å². The topological polar surface area (TPSA) is 83.0 Å². The first kappa shape index (κ1) is 17.2. The van der Waals surface area contributed by atoms with Crippen molar-refractivity contribution >= 4 is 34.3 Å². The van der Waals surface area contributed by atoms with E-state index in [0.29, 0.717) is 21.5 Å². The van der Waals surface area contributed by atoms with Crippen LogP contribution in [0.3, 0.4) is 0 Å². The number of hydrogen-bond acceptors (Lipinski definition) is 3. The number of nitrogens with one attached hydrogen (secondary N) is 1. The lowest BCUT2D eigenvalue weighted by atomic mass is 9.95. The number of aromatic nitrogens is 2. The molecule has 0 fully saturated rings. The molecule has 1 unspecified atom stereocenters. The zero-order valence-electron chi connectivity index (χ0n) is 14.1. The van der Waals surface area contributed by atoms with Gasteiger partial charge < -0.3 is 10.1 Å². The number of nitrogens with zero attached hydrogens (tertiary/aromatic N) is 1. The molecule has 1 aromatic carbocycles. The Balaban J connectivity index is 2.25. The Labute approximate surface area is 149 Å². The molecule has 3 aromatic rings. The van der Waals surface area contributed by atoms with Crippen molar-refractivity contribution in [2.75, 3.05) is 0 Å². The first-order chi connectivity index (χ1) is 11.8. The number of fused-ring (bicyclic) bond motifs is 1. The van der Waals surface area contributed by atoms with Crippen molar-refractivity contribution in [1.82, 2.24) is 9.97 Å². The van der Waals surface area contributed by atoms with Crippen molar-refractivity contribution < 1.29 is 14.7 Å². The third kappa shape index (κ3) is 3.15. The minimum Gasteiger partial charge on any atom is -0.481 e. The molecule has 25 heavy (non-hydrogen) atoms. The van der Waals surface area contributed by atoms with Crippen LogP contribution in [-0.2, 0) is 4.79 Å². The van der Waals surface area contributed by atoms with Gasteiger partial charge in [-0.3, -0.25) is 9.59 Å². The monoisotopic (exact) mass is 356 g/mol. The lowest BCUT2D eigenvalue weighted by Crippen LogP contribution is -2.14. The SMILES string of the molecule is Cc1cc(C)nc(C(=O)c2[nH]c3ccc(Cl)cc3c2C(C)C(=O)O)c1. The smallest absolute Gasteiger partial charge is 0.310 e. The van der Waals surface area contributed by atoms with E-state index in [4.69, 9.17) is 11.6 Å². The standard InChI is InChI=1S/C19H17ClN2O3/c1-9-6-10(2)21-15(7-9)18(23)17-16(11(3)19(24)25)13-8-12(20)4-5-14(13)22-17/h4-8,11,22H,1-3H3,(H,24,25). The highest BCUT2D eigenvalue weighted by Gasteiger charge is 2.27. The number of H-pyrrole nitrogens is 1. The highest BCUT2D eigenvalue weighted by molar-refractivity contribution is 6.31. The number of rotatable bonds is 4. The molecular weight excluding hydrogens is 340 g/mol. The number of carboxylic acids is 1. The van der Waals surface area contributed by atoms with Crippen LogP contribution in [0.4, 0.5) is 0 Å². The molecule has 0 radical (unpaired) electrons. The third-order valence-corrected chi connectivity index (χ3v) is 4.40. The van der Waals surface area contributed by atoms with Gasteiger partial charge in [0, 0.05) is 27.2 Å². The highest BCUT2D eigenvalue weighted by atomic mass is 35.5. The molecule has 0 spiro atoms. The molecule has 0 saturated carbocycles. The van der Waals surface area contributed by atoms with E-state index >= 15 is 0 Å². The minimum absolute atomic E-state index is 0.240. The molecule has 0 aliphatic carbocycles. The minimum atomic E-state index is -1.01. The maximum atomic E-state index is 13.0. The van der Waals surface area contributed by atoms with Gasteiger partial charge in [-0.1, -0.05) is 11.6 Å². The number of carboxylic acid groups (broad SMARTS) is 1. The molecule has 1 atom stereocenters. The normalized spacial score (nSPS) is 12.3. The zero-order valence-corrected chi connectivity index (χ0v) is 14.8. The molecule has 0 aliphatic rings. The number of hydrogen-bond donors (Lipinski definition) is 2. The van der Waals surface area contributed by atoms with Crippen LogP contribution in [0.2, 0.25) is 5.02 Å². The van der Waals surface area contributed by atoms with Crippen LogP contribution < -0.4 is 0 Å². The Morgan fingerprint density at radius 2 is 1.92 bits per heavy atom. The van der Waals surface area contributed by atoms with Crippen molar-refractivity contribution in [1.29, 1.82) is 0 Å². The van der Waals surface area contributed by atoms with Crippen LogP contribution in [0.25, 0.3) is 10.9 Å². The zero-order chi connectivity index (χ0) is 18.3. The van der Waals surface area contributed by atoms with Crippen LogP contribution in [0.5, 0.6) is 0 Å². The number of carbonyl (C=O) groups excluding carboxylic acids is 1. The molecule has 2 aromatic heterocycles. The van der Waals surface area contributed by atoms with Crippen LogP contribution in [0.1, 0.15) is 45.8 Å². The first-order valence-electron chi connectivity index (χ1n) is 7.82. The predicted octanol–water partition coefficient (Wildman–Crippen LogP) is 4.25. The Bertz CT molecular complexity index is 987. The fourth-order valence-electron chi connectivity index (χ4n) is 3.02. The van der Waals surface area contributed by atoms with E-state index in [1.807, 2.05) is 19.9 Å². The lowest BCUT2D eigenvalue weighted by Gasteiger charge is -2.09. The van der Waals surface area contributed by atoms with E-state index in [1.165, 1.54) is 0 Å². The number of halogens is 1. The summed E-state index contributed by atoms with van der Waals surface area (Å²) in [6.45, 7) is 5.25. The summed E-state index contributed by atoms with van der Waals surface area (Å²) in [6.07, 6.45) is 0. The number of ketones is 1. The molecule has 2 N–H and O–H groups in total. The van der Waals surface area contributed by atoms with E-state index in [0.717, 1.165) is 11.3 Å². The molecule has 2 heterocycles. The molecule has 0 amide bonds. The van der Waals surface area contributed by atoms with Crippen molar-refractivity contribution in [2.45, 2.75) is 26.7 Å². The molecule has 0 bridgehead atoms. The van der Waals surface area contributed by atoms with Crippen LogP contribution in [-0.4, -0.2) is 26.8 Å². The van der Waals surface area contributed by atoms with Gasteiger partial charge in [-0.2, -0.15) is 0 Å². The number of carbonyl (C=O) groups is 2.